The maximum absolute atomic E-state index is 12.5. The Morgan fingerprint density at radius 1 is 1.04 bits per heavy atom. The number of nitrogens with zero attached hydrogens (tertiary/aromatic N) is 1. The largest absolute Gasteiger partial charge is 0.490 e. The van der Waals surface area contributed by atoms with Crippen molar-refractivity contribution in [2.24, 2.45) is 0 Å². The van der Waals surface area contributed by atoms with Crippen molar-refractivity contribution in [3.05, 3.63) is 59.7 Å². The van der Waals surface area contributed by atoms with Gasteiger partial charge in [-0.2, -0.15) is 0 Å². The van der Waals surface area contributed by atoms with Crippen LogP contribution in [0.25, 0.3) is 11.3 Å². The molecule has 0 atom stereocenters. The van der Waals surface area contributed by atoms with Gasteiger partial charge in [0.25, 0.3) is 5.91 Å². The number of benzene rings is 2. The SMILES string of the molecule is CCc1ccc(-c2cc(NC(=O)c3ccc4c(c3)OCCCO4)on2)cc1. The fourth-order valence-corrected chi connectivity index (χ4v) is 2.87. The van der Waals surface area contributed by atoms with Crippen molar-refractivity contribution < 1.29 is 18.8 Å². The van der Waals surface area contributed by atoms with Crippen molar-refractivity contribution in [3.63, 3.8) is 0 Å². The lowest BCUT2D eigenvalue weighted by atomic mass is 10.1. The molecular formula is C21H20N2O4. The van der Waals surface area contributed by atoms with E-state index in [1.165, 1.54) is 5.56 Å². The average Bonchev–Trinajstić information content (AvgIpc) is 3.03. The van der Waals surface area contributed by atoms with Gasteiger partial charge in [0.1, 0.15) is 5.69 Å². The molecule has 0 radical (unpaired) electrons. The molecule has 0 bridgehead atoms. The van der Waals surface area contributed by atoms with Gasteiger partial charge in [-0.1, -0.05) is 36.3 Å². The number of aromatic nitrogens is 1. The van der Waals surface area contributed by atoms with Crippen LogP contribution >= 0.6 is 0 Å². The van der Waals surface area contributed by atoms with Crippen LogP contribution in [0.4, 0.5) is 5.88 Å². The second-order valence-electron chi connectivity index (χ2n) is 6.29. The minimum atomic E-state index is -0.297. The Hall–Kier alpha value is -3.28. The first-order valence-corrected chi connectivity index (χ1v) is 9.00. The number of aryl methyl sites for hydroxylation is 1. The van der Waals surface area contributed by atoms with Gasteiger partial charge in [-0.15, -0.1) is 0 Å². The molecule has 6 nitrogen and oxygen atoms in total. The van der Waals surface area contributed by atoms with Crippen LogP contribution in [0.2, 0.25) is 0 Å². The summed E-state index contributed by atoms with van der Waals surface area (Å²) in [6.07, 6.45) is 1.80. The summed E-state index contributed by atoms with van der Waals surface area (Å²) in [6.45, 7) is 3.29. The van der Waals surface area contributed by atoms with Crippen LogP contribution < -0.4 is 14.8 Å². The lowest BCUT2D eigenvalue weighted by Gasteiger charge is -2.08. The van der Waals surface area contributed by atoms with Crippen molar-refractivity contribution in [1.82, 2.24) is 5.16 Å². The molecule has 1 N–H and O–H groups in total. The number of ether oxygens (including phenoxy) is 2. The van der Waals surface area contributed by atoms with Gasteiger partial charge in [-0.05, 0) is 30.2 Å². The summed E-state index contributed by atoms with van der Waals surface area (Å²) in [7, 11) is 0. The van der Waals surface area contributed by atoms with Crippen molar-refractivity contribution in [3.8, 4) is 22.8 Å². The molecule has 6 heteroatoms. The van der Waals surface area contributed by atoms with Gasteiger partial charge in [0.05, 0.1) is 13.2 Å². The Kier molecular flexibility index (Phi) is 4.78. The molecule has 0 aliphatic carbocycles. The van der Waals surface area contributed by atoms with Gasteiger partial charge >= 0.3 is 0 Å². The molecule has 1 aliphatic heterocycles. The third-order valence-electron chi connectivity index (χ3n) is 4.41. The average molecular weight is 364 g/mol. The fourth-order valence-electron chi connectivity index (χ4n) is 2.87. The molecule has 0 saturated carbocycles. The zero-order valence-electron chi connectivity index (χ0n) is 15.0. The Labute approximate surface area is 157 Å². The Morgan fingerprint density at radius 3 is 2.59 bits per heavy atom. The molecule has 27 heavy (non-hydrogen) atoms. The van der Waals surface area contributed by atoms with Crippen LogP contribution in [0, 0.1) is 0 Å². The third kappa shape index (κ3) is 3.79. The Morgan fingerprint density at radius 2 is 1.81 bits per heavy atom. The number of anilines is 1. The van der Waals surface area contributed by atoms with Gasteiger partial charge in [-0.3, -0.25) is 10.1 Å². The van der Waals surface area contributed by atoms with E-state index in [2.05, 4.69) is 29.5 Å². The Balaban J connectivity index is 1.48. The fraction of sp³-hybridized carbons (Fsp3) is 0.238. The minimum Gasteiger partial charge on any atom is -0.490 e. The van der Waals surface area contributed by atoms with Crippen molar-refractivity contribution in [2.75, 3.05) is 18.5 Å². The minimum absolute atomic E-state index is 0.293. The molecular weight excluding hydrogens is 344 g/mol. The highest BCUT2D eigenvalue weighted by Gasteiger charge is 2.16. The van der Waals surface area contributed by atoms with Gasteiger partial charge in [-0.25, -0.2) is 0 Å². The zero-order chi connectivity index (χ0) is 18.6. The van der Waals surface area contributed by atoms with E-state index in [4.69, 9.17) is 14.0 Å². The smallest absolute Gasteiger partial charge is 0.258 e. The summed E-state index contributed by atoms with van der Waals surface area (Å²) in [5.74, 6) is 1.23. The highest BCUT2D eigenvalue weighted by atomic mass is 16.5. The predicted octanol–water partition coefficient (Wildman–Crippen LogP) is 4.32. The molecule has 2 heterocycles. The predicted molar refractivity (Wildman–Crippen MR) is 101 cm³/mol. The van der Waals surface area contributed by atoms with Crippen LogP contribution in [-0.4, -0.2) is 24.3 Å². The first kappa shape index (κ1) is 17.1. The lowest BCUT2D eigenvalue weighted by Crippen LogP contribution is -2.11. The second kappa shape index (κ2) is 7.53. The standard InChI is InChI=1S/C21H20N2O4/c1-2-14-4-6-15(7-5-14)17-13-20(27-23-17)22-21(24)16-8-9-18-19(12-16)26-11-3-10-25-18/h4-9,12-13H,2-3,10-11H2,1H3,(H,22,24). The van der Waals surface area contributed by atoms with Crippen LogP contribution in [-0.2, 0) is 6.42 Å². The monoisotopic (exact) mass is 364 g/mol. The van der Waals surface area contributed by atoms with E-state index in [1.807, 2.05) is 12.1 Å². The van der Waals surface area contributed by atoms with Gasteiger partial charge in [0, 0.05) is 23.6 Å². The van der Waals surface area contributed by atoms with Crippen LogP contribution in [0.1, 0.15) is 29.3 Å². The Bertz CT molecular complexity index is 947. The van der Waals surface area contributed by atoms with Crippen molar-refractivity contribution in [2.45, 2.75) is 19.8 Å². The topological polar surface area (TPSA) is 73.6 Å². The zero-order valence-corrected chi connectivity index (χ0v) is 15.0. The van der Waals surface area contributed by atoms with Crippen molar-refractivity contribution in [1.29, 1.82) is 0 Å². The number of nitrogens with one attached hydrogen (secondary N) is 1. The van der Waals surface area contributed by atoms with Crippen LogP contribution in [0.5, 0.6) is 11.5 Å². The molecule has 0 saturated heterocycles. The first-order chi connectivity index (χ1) is 13.2. The molecule has 4 rings (SSSR count). The van der Waals surface area contributed by atoms with Gasteiger partial charge < -0.3 is 14.0 Å². The first-order valence-electron chi connectivity index (χ1n) is 9.00. The summed E-state index contributed by atoms with van der Waals surface area (Å²) >= 11 is 0. The summed E-state index contributed by atoms with van der Waals surface area (Å²) in [4.78, 5) is 12.5. The highest BCUT2D eigenvalue weighted by molar-refractivity contribution is 6.04. The maximum Gasteiger partial charge on any atom is 0.258 e. The molecule has 3 aromatic rings. The van der Waals surface area contributed by atoms with E-state index in [0.29, 0.717) is 41.9 Å². The summed E-state index contributed by atoms with van der Waals surface area (Å²) < 4.78 is 16.5. The van der Waals surface area contributed by atoms with Gasteiger partial charge in [0.15, 0.2) is 11.5 Å². The molecule has 138 valence electrons. The molecule has 1 aliphatic rings. The number of carbonyl (C=O) groups is 1. The summed E-state index contributed by atoms with van der Waals surface area (Å²) in [5, 5.41) is 6.77. The van der Waals surface area contributed by atoms with E-state index in [9.17, 15) is 4.79 Å². The quantitative estimate of drug-likeness (QED) is 0.746. The van der Waals surface area contributed by atoms with E-state index in [1.54, 1.807) is 24.3 Å². The number of hydrogen-bond donors (Lipinski definition) is 1. The normalized spacial score (nSPS) is 13.1. The van der Waals surface area contributed by atoms with E-state index < -0.39 is 0 Å². The second-order valence-corrected chi connectivity index (χ2v) is 6.29. The van der Waals surface area contributed by atoms with E-state index in [0.717, 1.165) is 18.4 Å². The molecule has 0 spiro atoms. The molecule has 0 fully saturated rings. The molecule has 1 amide bonds. The van der Waals surface area contributed by atoms with Crippen LogP contribution in [0.3, 0.4) is 0 Å². The summed E-state index contributed by atoms with van der Waals surface area (Å²) in [5.41, 5.74) is 3.33. The number of rotatable bonds is 4. The number of fused-ring (bicyclic) bond motifs is 1. The highest BCUT2D eigenvalue weighted by Crippen LogP contribution is 2.31. The molecule has 2 aromatic carbocycles. The number of hydrogen-bond acceptors (Lipinski definition) is 5. The number of amides is 1. The molecule has 0 unspecified atom stereocenters. The third-order valence-corrected chi connectivity index (χ3v) is 4.41. The van der Waals surface area contributed by atoms with Gasteiger partial charge in [0.2, 0.25) is 5.88 Å². The van der Waals surface area contributed by atoms with E-state index >= 15 is 0 Å². The summed E-state index contributed by atoms with van der Waals surface area (Å²) in [6, 6.07) is 14.9. The molecule has 1 aromatic heterocycles. The maximum atomic E-state index is 12.5. The van der Waals surface area contributed by atoms with Crippen LogP contribution in [0.15, 0.2) is 53.1 Å². The lowest BCUT2D eigenvalue weighted by molar-refractivity contribution is 0.102. The van der Waals surface area contributed by atoms with E-state index in [-0.39, 0.29) is 5.91 Å². The number of carbonyl (C=O) groups excluding carboxylic acids is 1. The van der Waals surface area contributed by atoms with Crippen molar-refractivity contribution >= 4 is 11.8 Å².